The van der Waals surface area contributed by atoms with Crippen LogP contribution in [0, 0.1) is 5.82 Å². The molecule has 1 rings (SSSR count). The maximum atomic E-state index is 13.5. The first-order valence-electron chi connectivity index (χ1n) is 3.99. The highest BCUT2D eigenvalue weighted by Crippen LogP contribution is 2.30. The number of hydrogen-bond donors (Lipinski definition) is 2. The molecule has 0 amide bonds. The summed E-state index contributed by atoms with van der Waals surface area (Å²) in [6, 6.07) is 1.35. The molecule has 0 aliphatic rings. The van der Waals surface area contributed by atoms with E-state index in [1.807, 2.05) is 0 Å². The zero-order chi connectivity index (χ0) is 11.6. The smallest absolute Gasteiger partial charge is 0.493 e. The molecule has 0 atom stereocenters. The van der Waals surface area contributed by atoms with Crippen molar-refractivity contribution < 1.29 is 23.9 Å². The van der Waals surface area contributed by atoms with Gasteiger partial charge in [0.2, 0.25) is 0 Å². The number of ether oxygens (including phenoxy) is 2. The Balaban J connectivity index is 3.49. The second-order valence-electron chi connectivity index (χ2n) is 2.70. The zero-order valence-corrected chi connectivity index (χ0v) is 9.71. The molecular formula is C8H9BBrFO4. The molecule has 1 aromatic carbocycles. The van der Waals surface area contributed by atoms with E-state index in [4.69, 9.17) is 19.5 Å². The van der Waals surface area contributed by atoms with E-state index in [-0.39, 0.29) is 21.4 Å². The molecule has 82 valence electrons. The van der Waals surface area contributed by atoms with E-state index < -0.39 is 12.9 Å². The molecule has 0 spiro atoms. The Morgan fingerprint density at radius 1 is 1.33 bits per heavy atom. The van der Waals surface area contributed by atoms with Gasteiger partial charge in [-0.3, -0.25) is 0 Å². The molecule has 7 heteroatoms. The molecule has 0 unspecified atom stereocenters. The first kappa shape index (κ1) is 12.3. The summed E-state index contributed by atoms with van der Waals surface area (Å²) >= 11 is 2.94. The Kier molecular flexibility index (Phi) is 3.95. The number of hydrogen-bond acceptors (Lipinski definition) is 4. The van der Waals surface area contributed by atoms with Crippen LogP contribution in [-0.4, -0.2) is 31.4 Å². The van der Waals surface area contributed by atoms with Gasteiger partial charge in [-0.05, 0) is 15.9 Å². The second-order valence-corrected chi connectivity index (χ2v) is 3.55. The highest BCUT2D eigenvalue weighted by atomic mass is 79.9. The van der Waals surface area contributed by atoms with Crippen molar-refractivity contribution in [3.05, 3.63) is 16.4 Å². The zero-order valence-electron chi connectivity index (χ0n) is 8.12. The summed E-state index contributed by atoms with van der Waals surface area (Å²) in [6.45, 7) is 0. The van der Waals surface area contributed by atoms with Crippen molar-refractivity contribution in [3.63, 3.8) is 0 Å². The van der Waals surface area contributed by atoms with E-state index in [2.05, 4.69) is 15.9 Å². The average Bonchev–Trinajstić information content (AvgIpc) is 2.20. The van der Waals surface area contributed by atoms with Crippen molar-refractivity contribution in [3.8, 4) is 11.5 Å². The summed E-state index contributed by atoms with van der Waals surface area (Å²) in [5.74, 6) is -0.607. The van der Waals surface area contributed by atoms with Crippen LogP contribution in [0.5, 0.6) is 11.5 Å². The van der Waals surface area contributed by atoms with Crippen LogP contribution in [0.2, 0.25) is 0 Å². The Bertz CT molecular complexity index is 372. The van der Waals surface area contributed by atoms with Crippen molar-refractivity contribution in [2.24, 2.45) is 0 Å². The van der Waals surface area contributed by atoms with Crippen molar-refractivity contribution >= 4 is 28.5 Å². The molecule has 1 aromatic rings. The summed E-state index contributed by atoms with van der Waals surface area (Å²) in [5, 5.41) is 18.0. The average molecular weight is 279 g/mol. The van der Waals surface area contributed by atoms with Crippen LogP contribution in [0.4, 0.5) is 4.39 Å². The van der Waals surface area contributed by atoms with E-state index in [9.17, 15) is 4.39 Å². The summed E-state index contributed by atoms with van der Waals surface area (Å²) in [7, 11) is 0.693. The number of halogens is 2. The van der Waals surface area contributed by atoms with Gasteiger partial charge in [0.25, 0.3) is 0 Å². The van der Waals surface area contributed by atoms with Crippen LogP contribution >= 0.6 is 15.9 Å². The lowest BCUT2D eigenvalue weighted by Gasteiger charge is -2.14. The fourth-order valence-electron chi connectivity index (χ4n) is 1.20. The molecule has 15 heavy (non-hydrogen) atoms. The second kappa shape index (κ2) is 4.83. The quantitative estimate of drug-likeness (QED) is 0.780. The summed E-state index contributed by atoms with van der Waals surface area (Å²) in [5.41, 5.74) is -0.358. The standard InChI is InChI=1S/C8H9BBrFO4/c1-14-5-3-4(10)7(11)6(9(12)13)8(5)15-2/h3,12-13H,1-2H3. The third-order valence-corrected chi connectivity index (χ3v) is 2.43. The third kappa shape index (κ3) is 2.24. The highest BCUT2D eigenvalue weighted by molar-refractivity contribution is 9.10. The van der Waals surface area contributed by atoms with E-state index >= 15 is 0 Å². The lowest BCUT2D eigenvalue weighted by atomic mass is 9.79. The maximum Gasteiger partial charge on any atom is 0.495 e. The van der Waals surface area contributed by atoms with Crippen LogP contribution in [0.15, 0.2) is 10.5 Å². The Morgan fingerprint density at radius 2 is 1.93 bits per heavy atom. The van der Waals surface area contributed by atoms with E-state index in [1.165, 1.54) is 20.3 Å². The van der Waals surface area contributed by atoms with Crippen LogP contribution < -0.4 is 14.9 Å². The molecule has 0 bridgehead atoms. The normalized spacial score (nSPS) is 10.0. The van der Waals surface area contributed by atoms with Crippen LogP contribution in [0.25, 0.3) is 0 Å². The molecule has 0 aromatic heterocycles. The molecule has 0 saturated heterocycles. The van der Waals surface area contributed by atoms with Gasteiger partial charge in [-0.25, -0.2) is 4.39 Å². The van der Waals surface area contributed by atoms with Crippen LogP contribution in [0.1, 0.15) is 0 Å². The molecule has 4 nitrogen and oxygen atoms in total. The molecule has 0 fully saturated rings. The van der Waals surface area contributed by atoms with Gasteiger partial charge in [0.1, 0.15) is 5.82 Å². The lowest BCUT2D eigenvalue weighted by Crippen LogP contribution is -2.34. The van der Waals surface area contributed by atoms with Gasteiger partial charge in [-0.2, -0.15) is 0 Å². The third-order valence-electron chi connectivity index (χ3n) is 1.85. The maximum absolute atomic E-state index is 13.5. The first-order chi connectivity index (χ1) is 7.02. The van der Waals surface area contributed by atoms with Gasteiger partial charge >= 0.3 is 7.12 Å². The van der Waals surface area contributed by atoms with Crippen LogP contribution in [-0.2, 0) is 0 Å². The minimum Gasteiger partial charge on any atom is -0.493 e. The monoisotopic (exact) mass is 278 g/mol. The minimum absolute atomic E-state index is 0.0341. The van der Waals surface area contributed by atoms with Gasteiger partial charge in [-0.1, -0.05) is 0 Å². The Labute approximate surface area is 94.9 Å². The van der Waals surface area contributed by atoms with Crippen molar-refractivity contribution in [2.45, 2.75) is 0 Å². The van der Waals surface area contributed by atoms with Crippen LogP contribution in [0.3, 0.4) is 0 Å². The Morgan fingerprint density at radius 3 is 2.33 bits per heavy atom. The molecule has 0 aliphatic carbocycles. The van der Waals surface area contributed by atoms with Gasteiger partial charge < -0.3 is 19.5 Å². The first-order valence-corrected chi connectivity index (χ1v) is 4.78. The molecule has 0 saturated carbocycles. The van der Waals surface area contributed by atoms with E-state index in [0.717, 1.165) is 0 Å². The van der Waals surface area contributed by atoms with Gasteiger partial charge in [0, 0.05) is 6.07 Å². The number of rotatable bonds is 3. The lowest BCUT2D eigenvalue weighted by molar-refractivity contribution is 0.351. The highest BCUT2D eigenvalue weighted by Gasteiger charge is 2.27. The predicted octanol–water partition coefficient (Wildman–Crippen LogP) is 0.285. The summed E-state index contributed by atoms with van der Waals surface area (Å²) < 4.78 is 23.4. The molecule has 0 aliphatic heterocycles. The van der Waals surface area contributed by atoms with Crippen molar-refractivity contribution in [1.29, 1.82) is 0 Å². The molecular weight excluding hydrogens is 270 g/mol. The van der Waals surface area contributed by atoms with Gasteiger partial charge in [-0.15, -0.1) is 0 Å². The number of methoxy groups -OCH3 is 2. The summed E-state index contributed by atoms with van der Waals surface area (Å²) in [6.07, 6.45) is 0. The van der Waals surface area contributed by atoms with Crippen molar-refractivity contribution in [1.82, 2.24) is 0 Å². The SMILES string of the molecule is COc1cc(Br)c(F)c(B(O)O)c1OC. The number of benzene rings is 1. The minimum atomic E-state index is -1.97. The molecule has 0 heterocycles. The largest absolute Gasteiger partial charge is 0.495 e. The molecule has 2 N–H and O–H groups in total. The van der Waals surface area contributed by atoms with E-state index in [1.54, 1.807) is 0 Å². The fraction of sp³-hybridized carbons (Fsp3) is 0.250. The Hall–Kier alpha value is -0.785. The molecule has 0 radical (unpaired) electrons. The van der Waals surface area contributed by atoms with Gasteiger partial charge in [0.15, 0.2) is 11.5 Å². The van der Waals surface area contributed by atoms with Gasteiger partial charge in [0.05, 0.1) is 24.2 Å². The van der Waals surface area contributed by atoms with E-state index in [0.29, 0.717) is 0 Å². The fourth-order valence-corrected chi connectivity index (χ4v) is 1.62. The van der Waals surface area contributed by atoms with Crippen molar-refractivity contribution in [2.75, 3.05) is 14.2 Å². The topological polar surface area (TPSA) is 58.9 Å². The summed E-state index contributed by atoms with van der Waals surface area (Å²) in [4.78, 5) is 0. The predicted molar refractivity (Wildman–Crippen MR) is 57.0 cm³/mol.